The Hall–Kier alpha value is -0.0800. The van der Waals surface area contributed by atoms with Gasteiger partial charge in [-0.15, -0.1) is 0 Å². The maximum atomic E-state index is 5.13. The van der Waals surface area contributed by atoms with Crippen LogP contribution in [0.4, 0.5) is 0 Å². The van der Waals surface area contributed by atoms with E-state index in [9.17, 15) is 0 Å². The van der Waals surface area contributed by atoms with Crippen molar-refractivity contribution in [3.63, 3.8) is 0 Å². The van der Waals surface area contributed by atoms with Crippen LogP contribution >= 0.6 is 0 Å². The molecule has 0 saturated carbocycles. The van der Waals surface area contributed by atoms with E-state index in [1.165, 1.54) is 6.42 Å². The summed E-state index contributed by atoms with van der Waals surface area (Å²) in [7, 11) is 1.78. The maximum Gasteiger partial charge on any atom is 0.0462 e. The molecule has 0 amide bonds. The van der Waals surface area contributed by atoms with Gasteiger partial charge in [0.05, 0.1) is 0 Å². The van der Waals surface area contributed by atoms with E-state index in [-0.39, 0.29) is 5.54 Å². The van der Waals surface area contributed by atoms with Crippen molar-refractivity contribution in [1.29, 1.82) is 0 Å². The van der Waals surface area contributed by atoms with Gasteiger partial charge in [0.1, 0.15) is 0 Å². The van der Waals surface area contributed by atoms with Crippen LogP contribution in [0, 0.1) is 11.3 Å². The van der Waals surface area contributed by atoms with Gasteiger partial charge in [-0.1, -0.05) is 20.8 Å². The van der Waals surface area contributed by atoms with Crippen molar-refractivity contribution >= 4 is 0 Å². The van der Waals surface area contributed by atoms with Crippen LogP contribution in [0.1, 0.15) is 54.4 Å². The molecule has 0 saturated heterocycles. The molecule has 0 aromatic heterocycles. The fourth-order valence-corrected chi connectivity index (χ4v) is 1.74. The van der Waals surface area contributed by atoms with Crippen molar-refractivity contribution in [3.8, 4) is 0 Å². The topological polar surface area (TPSA) is 21.3 Å². The lowest BCUT2D eigenvalue weighted by molar-refractivity contribution is 0.156. The van der Waals surface area contributed by atoms with Crippen LogP contribution in [0.5, 0.6) is 0 Å². The van der Waals surface area contributed by atoms with E-state index in [2.05, 4.69) is 46.9 Å². The highest BCUT2D eigenvalue weighted by Crippen LogP contribution is 2.29. The van der Waals surface area contributed by atoms with Gasteiger partial charge in [0.25, 0.3) is 0 Å². The molecule has 0 rings (SSSR count). The number of rotatable bonds is 6. The molecule has 98 valence electrons. The molecule has 1 unspecified atom stereocenters. The van der Waals surface area contributed by atoms with E-state index in [0.29, 0.717) is 11.3 Å². The van der Waals surface area contributed by atoms with E-state index in [4.69, 9.17) is 4.74 Å². The minimum atomic E-state index is 0.213. The predicted octanol–water partition coefficient (Wildman–Crippen LogP) is 3.46. The lowest BCUT2D eigenvalue weighted by Crippen LogP contribution is -2.42. The van der Waals surface area contributed by atoms with Gasteiger partial charge in [-0.05, 0) is 51.5 Å². The van der Waals surface area contributed by atoms with Crippen molar-refractivity contribution in [3.05, 3.63) is 0 Å². The van der Waals surface area contributed by atoms with Crippen molar-refractivity contribution in [2.75, 3.05) is 20.3 Å². The summed E-state index contributed by atoms with van der Waals surface area (Å²) in [5, 5.41) is 3.61. The number of nitrogens with one attached hydrogen (secondary N) is 1. The van der Waals surface area contributed by atoms with Gasteiger partial charge in [-0.2, -0.15) is 0 Å². The standard InChI is InChI=1S/C14H31NO/c1-13(2,3)12(9-8-10-16-7)11-15-14(4,5)6/h12,15H,8-11H2,1-7H3. The summed E-state index contributed by atoms with van der Waals surface area (Å²) in [4.78, 5) is 0. The van der Waals surface area contributed by atoms with Crippen LogP contribution in [0.15, 0.2) is 0 Å². The van der Waals surface area contributed by atoms with Gasteiger partial charge in [0, 0.05) is 19.3 Å². The van der Waals surface area contributed by atoms with E-state index in [1.807, 2.05) is 0 Å². The highest BCUT2D eigenvalue weighted by atomic mass is 16.5. The van der Waals surface area contributed by atoms with Crippen LogP contribution in [0.2, 0.25) is 0 Å². The fourth-order valence-electron chi connectivity index (χ4n) is 1.74. The second kappa shape index (κ2) is 6.61. The smallest absolute Gasteiger partial charge is 0.0462 e. The molecule has 0 aliphatic rings. The lowest BCUT2D eigenvalue weighted by atomic mass is 9.78. The zero-order valence-electron chi connectivity index (χ0n) is 12.3. The maximum absolute atomic E-state index is 5.13. The molecule has 16 heavy (non-hydrogen) atoms. The first kappa shape index (κ1) is 15.9. The van der Waals surface area contributed by atoms with Crippen LogP contribution in [0.25, 0.3) is 0 Å². The van der Waals surface area contributed by atoms with Crippen LogP contribution in [0.3, 0.4) is 0 Å². The number of hydrogen-bond donors (Lipinski definition) is 1. The molecule has 0 heterocycles. The summed E-state index contributed by atoms with van der Waals surface area (Å²) in [6, 6.07) is 0. The first-order valence-electron chi connectivity index (χ1n) is 6.41. The zero-order chi connectivity index (χ0) is 12.8. The second-order valence-electron chi connectivity index (χ2n) is 6.83. The van der Waals surface area contributed by atoms with Gasteiger partial charge in [-0.25, -0.2) is 0 Å². The molecule has 2 heteroatoms. The van der Waals surface area contributed by atoms with Crippen molar-refractivity contribution in [2.45, 2.75) is 59.9 Å². The average molecular weight is 229 g/mol. The average Bonchev–Trinajstić information content (AvgIpc) is 2.07. The Morgan fingerprint density at radius 2 is 1.62 bits per heavy atom. The summed E-state index contributed by atoms with van der Waals surface area (Å²) >= 11 is 0. The Morgan fingerprint density at radius 1 is 1.06 bits per heavy atom. The van der Waals surface area contributed by atoms with Crippen molar-refractivity contribution in [1.82, 2.24) is 5.32 Å². The third-order valence-corrected chi connectivity index (χ3v) is 3.00. The molecular weight excluding hydrogens is 198 g/mol. The van der Waals surface area contributed by atoms with Gasteiger partial charge < -0.3 is 10.1 Å². The SMILES string of the molecule is COCCCC(CNC(C)(C)C)C(C)(C)C. The van der Waals surface area contributed by atoms with E-state index >= 15 is 0 Å². The minimum Gasteiger partial charge on any atom is -0.385 e. The Bertz CT molecular complexity index is 176. The van der Waals surface area contributed by atoms with Crippen LogP contribution in [-0.2, 0) is 4.74 Å². The number of hydrogen-bond acceptors (Lipinski definition) is 2. The minimum absolute atomic E-state index is 0.213. The van der Waals surface area contributed by atoms with Gasteiger partial charge in [0.15, 0.2) is 0 Å². The molecule has 0 bridgehead atoms. The molecule has 0 spiro atoms. The largest absolute Gasteiger partial charge is 0.385 e. The molecule has 2 nitrogen and oxygen atoms in total. The molecule has 1 atom stereocenters. The van der Waals surface area contributed by atoms with E-state index in [1.54, 1.807) is 7.11 Å². The predicted molar refractivity (Wildman–Crippen MR) is 71.8 cm³/mol. The Kier molecular flexibility index (Phi) is 6.57. The lowest BCUT2D eigenvalue weighted by Gasteiger charge is -2.34. The summed E-state index contributed by atoms with van der Waals surface area (Å²) in [5.41, 5.74) is 0.580. The quantitative estimate of drug-likeness (QED) is 0.704. The van der Waals surface area contributed by atoms with Crippen molar-refractivity contribution in [2.24, 2.45) is 11.3 Å². The molecule has 1 N–H and O–H groups in total. The molecule has 0 aliphatic carbocycles. The Labute approximate surface area is 102 Å². The second-order valence-corrected chi connectivity index (χ2v) is 6.83. The molecule has 0 fully saturated rings. The fraction of sp³-hybridized carbons (Fsp3) is 1.00. The molecule has 0 aromatic carbocycles. The van der Waals surface area contributed by atoms with E-state index < -0.39 is 0 Å². The normalized spacial score (nSPS) is 15.2. The third kappa shape index (κ3) is 8.12. The first-order valence-corrected chi connectivity index (χ1v) is 6.41. The summed E-state index contributed by atoms with van der Waals surface area (Å²) in [6.45, 7) is 15.6. The van der Waals surface area contributed by atoms with Crippen LogP contribution < -0.4 is 5.32 Å². The molecule has 0 aromatic rings. The highest BCUT2D eigenvalue weighted by molar-refractivity contribution is 4.80. The Morgan fingerprint density at radius 3 is 2.00 bits per heavy atom. The summed E-state index contributed by atoms with van der Waals surface area (Å²) < 4.78 is 5.13. The molecular formula is C14H31NO. The first-order chi connectivity index (χ1) is 7.17. The van der Waals surface area contributed by atoms with E-state index in [0.717, 1.165) is 19.6 Å². The van der Waals surface area contributed by atoms with Gasteiger partial charge >= 0.3 is 0 Å². The monoisotopic (exact) mass is 229 g/mol. The summed E-state index contributed by atoms with van der Waals surface area (Å²) in [5.74, 6) is 0.710. The van der Waals surface area contributed by atoms with Crippen molar-refractivity contribution < 1.29 is 4.74 Å². The third-order valence-electron chi connectivity index (χ3n) is 3.00. The summed E-state index contributed by atoms with van der Waals surface area (Å²) in [6.07, 6.45) is 2.39. The Balaban J connectivity index is 4.12. The van der Waals surface area contributed by atoms with Gasteiger partial charge in [0.2, 0.25) is 0 Å². The molecule has 0 radical (unpaired) electrons. The number of methoxy groups -OCH3 is 1. The highest BCUT2D eigenvalue weighted by Gasteiger charge is 2.25. The molecule has 0 aliphatic heterocycles. The van der Waals surface area contributed by atoms with Crippen LogP contribution in [-0.4, -0.2) is 25.8 Å². The van der Waals surface area contributed by atoms with Gasteiger partial charge in [-0.3, -0.25) is 0 Å². The zero-order valence-corrected chi connectivity index (χ0v) is 12.3. The number of ether oxygens (including phenoxy) is 1.